The van der Waals surface area contributed by atoms with Crippen molar-refractivity contribution in [3.63, 3.8) is 0 Å². The van der Waals surface area contributed by atoms with Crippen molar-refractivity contribution >= 4 is 21.7 Å². The van der Waals surface area contributed by atoms with Crippen LogP contribution in [0.3, 0.4) is 0 Å². The minimum Gasteiger partial charge on any atom is -0.294 e. The van der Waals surface area contributed by atoms with Crippen molar-refractivity contribution in [2.45, 2.75) is 46.5 Å². The van der Waals surface area contributed by atoms with E-state index in [4.69, 9.17) is 5.26 Å². The van der Waals surface area contributed by atoms with Gasteiger partial charge in [0.2, 0.25) is 0 Å². The molecule has 24 heavy (non-hydrogen) atoms. The third-order valence-electron chi connectivity index (χ3n) is 3.49. The fourth-order valence-electron chi connectivity index (χ4n) is 2.23. The normalized spacial score (nSPS) is 12.0. The van der Waals surface area contributed by atoms with Crippen LogP contribution in [0.25, 0.3) is 5.69 Å². The number of benzene rings is 1. The first-order valence-electron chi connectivity index (χ1n) is 7.58. The number of halogens is 1. The van der Waals surface area contributed by atoms with Gasteiger partial charge >= 0.3 is 0 Å². The van der Waals surface area contributed by atoms with Gasteiger partial charge in [0.1, 0.15) is 0 Å². The molecule has 7 heteroatoms. The van der Waals surface area contributed by atoms with Gasteiger partial charge in [0.05, 0.1) is 17.2 Å². The van der Waals surface area contributed by atoms with Crippen LogP contribution in [0.4, 0.5) is 0 Å². The molecule has 2 rings (SSSR count). The molecule has 6 nitrogen and oxygen atoms in total. The summed E-state index contributed by atoms with van der Waals surface area (Å²) in [6.07, 6.45) is 0.154. The van der Waals surface area contributed by atoms with Gasteiger partial charge in [-0.05, 0) is 42.5 Å². The topological polar surface area (TPSA) is 84.5 Å². The van der Waals surface area contributed by atoms with E-state index in [2.05, 4.69) is 37.5 Å². The lowest BCUT2D eigenvalue weighted by atomic mass is 9.87. The molecule has 1 aromatic heterocycles. The fraction of sp³-hybridized carbons (Fsp3) is 0.471. The Labute approximate surface area is 150 Å². The molecule has 0 aliphatic heterocycles. The number of aromatic nitrogens is 4. The van der Waals surface area contributed by atoms with Gasteiger partial charge in [-0.3, -0.25) is 4.79 Å². The summed E-state index contributed by atoms with van der Waals surface area (Å²) in [4.78, 5) is 12.5. The molecule has 0 spiro atoms. The Morgan fingerprint density at radius 1 is 1.25 bits per heavy atom. The van der Waals surface area contributed by atoms with E-state index in [1.54, 1.807) is 30.7 Å². The molecule has 1 aromatic carbocycles. The van der Waals surface area contributed by atoms with Gasteiger partial charge in [0, 0.05) is 21.9 Å². The predicted molar refractivity (Wildman–Crippen MR) is 93.9 cm³/mol. The lowest BCUT2D eigenvalue weighted by Gasteiger charge is -2.18. The Bertz CT molecular complexity index is 811. The maximum Gasteiger partial charge on any atom is 0.164 e. The van der Waals surface area contributed by atoms with Gasteiger partial charge in [-0.2, -0.15) is 9.94 Å². The van der Waals surface area contributed by atoms with Crippen LogP contribution in [0, 0.1) is 16.7 Å². The highest BCUT2D eigenvalue weighted by Crippen LogP contribution is 2.27. The number of rotatable bonds is 4. The zero-order chi connectivity index (χ0) is 18.1. The van der Waals surface area contributed by atoms with Gasteiger partial charge in [-0.25, -0.2) is 0 Å². The van der Waals surface area contributed by atoms with E-state index < -0.39 is 5.41 Å². The summed E-state index contributed by atoms with van der Waals surface area (Å²) in [5.74, 6) is 0.617. The molecule has 0 atom stereocenters. The Morgan fingerprint density at radius 3 is 2.50 bits per heavy atom. The number of carbonyl (C=O) groups is 1. The SMILES string of the molecule is CC(C)(C#N)CC(=O)c1cc(Br)cc(-n2nnnc2C(C)(C)C)c1. The summed E-state index contributed by atoms with van der Waals surface area (Å²) < 4.78 is 2.39. The Balaban J connectivity index is 2.46. The second-order valence-electron chi connectivity index (χ2n) is 7.46. The van der Waals surface area contributed by atoms with Crippen LogP contribution in [0.2, 0.25) is 0 Å². The van der Waals surface area contributed by atoms with Crippen molar-refractivity contribution < 1.29 is 4.79 Å². The highest BCUT2D eigenvalue weighted by Gasteiger charge is 2.25. The van der Waals surface area contributed by atoms with Gasteiger partial charge < -0.3 is 0 Å². The molecule has 0 N–H and O–H groups in total. The number of hydrogen-bond donors (Lipinski definition) is 0. The van der Waals surface area contributed by atoms with Crippen LogP contribution in [0.15, 0.2) is 22.7 Å². The summed E-state index contributed by atoms with van der Waals surface area (Å²) in [5.41, 5.74) is 0.291. The van der Waals surface area contributed by atoms with Crippen molar-refractivity contribution in [3.05, 3.63) is 34.1 Å². The standard InChI is InChI=1S/C17H20BrN5O/c1-16(2,3)15-20-21-22-23(15)13-7-11(6-12(18)8-13)14(24)9-17(4,5)10-19/h6-8H,9H2,1-5H3. The highest BCUT2D eigenvalue weighted by atomic mass is 79.9. The molecule has 1 heterocycles. The van der Waals surface area contributed by atoms with Crippen LogP contribution in [0.1, 0.15) is 57.2 Å². The molecule has 0 amide bonds. The van der Waals surface area contributed by atoms with Crippen LogP contribution >= 0.6 is 15.9 Å². The van der Waals surface area contributed by atoms with Crippen molar-refractivity contribution in [1.82, 2.24) is 20.2 Å². The van der Waals surface area contributed by atoms with Crippen LogP contribution < -0.4 is 0 Å². The Kier molecular flexibility index (Phi) is 4.90. The van der Waals surface area contributed by atoms with Crippen molar-refractivity contribution in [2.24, 2.45) is 5.41 Å². The van der Waals surface area contributed by atoms with Crippen molar-refractivity contribution in [1.29, 1.82) is 5.26 Å². The van der Waals surface area contributed by atoms with Crippen molar-refractivity contribution in [3.8, 4) is 11.8 Å². The molecule has 0 unspecified atom stereocenters. The largest absolute Gasteiger partial charge is 0.294 e. The maximum atomic E-state index is 12.5. The monoisotopic (exact) mass is 389 g/mol. The average Bonchev–Trinajstić information content (AvgIpc) is 2.95. The number of carbonyl (C=O) groups excluding carboxylic acids is 1. The van der Waals surface area contributed by atoms with E-state index in [1.807, 2.05) is 26.8 Å². The van der Waals surface area contributed by atoms with E-state index in [-0.39, 0.29) is 17.6 Å². The Hall–Kier alpha value is -2.07. The average molecular weight is 390 g/mol. The summed E-state index contributed by atoms with van der Waals surface area (Å²) >= 11 is 3.44. The first-order chi connectivity index (χ1) is 11.0. The molecule has 0 radical (unpaired) electrons. The summed E-state index contributed by atoms with van der Waals surface area (Å²) in [6, 6.07) is 7.52. The lowest BCUT2D eigenvalue weighted by Crippen LogP contribution is -2.19. The molecular weight excluding hydrogens is 370 g/mol. The second-order valence-corrected chi connectivity index (χ2v) is 8.37. The molecule has 0 aliphatic rings. The number of nitriles is 1. The number of Topliss-reactive ketones (excluding diaryl/α,β-unsaturated/α-hetero) is 1. The molecular formula is C17H20BrN5O. The minimum atomic E-state index is -0.703. The number of nitrogens with zero attached hydrogens (tertiary/aromatic N) is 5. The van der Waals surface area contributed by atoms with E-state index in [0.717, 1.165) is 4.47 Å². The molecule has 0 saturated heterocycles. The van der Waals surface area contributed by atoms with Crippen LogP contribution in [-0.2, 0) is 5.41 Å². The summed E-state index contributed by atoms with van der Waals surface area (Å²) in [6.45, 7) is 9.57. The van der Waals surface area contributed by atoms with E-state index >= 15 is 0 Å². The molecule has 0 fully saturated rings. The third kappa shape index (κ3) is 4.06. The zero-order valence-electron chi connectivity index (χ0n) is 14.5. The molecule has 0 saturated carbocycles. The van der Waals surface area contributed by atoms with Gasteiger partial charge in [0.15, 0.2) is 11.6 Å². The van der Waals surface area contributed by atoms with Gasteiger partial charge in [-0.15, -0.1) is 5.10 Å². The molecule has 0 bridgehead atoms. The number of ketones is 1. The first kappa shape index (κ1) is 18.3. The van der Waals surface area contributed by atoms with E-state index in [9.17, 15) is 4.79 Å². The van der Waals surface area contributed by atoms with E-state index in [1.165, 1.54) is 0 Å². The second kappa shape index (κ2) is 6.44. The Morgan fingerprint density at radius 2 is 1.92 bits per heavy atom. The number of tetrazole rings is 1. The van der Waals surface area contributed by atoms with Crippen LogP contribution in [-0.4, -0.2) is 26.0 Å². The maximum absolute atomic E-state index is 12.5. The van der Waals surface area contributed by atoms with Gasteiger partial charge in [-0.1, -0.05) is 36.7 Å². The zero-order valence-corrected chi connectivity index (χ0v) is 16.0. The predicted octanol–water partition coefficient (Wildman–Crippen LogP) is 3.84. The number of hydrogen-bond acceptors (Lipinski definition) is 5. The smallest absolute Gasteiger partial charge is 0.164 e. The quantitative estimate of drug-likeness (QED) is 0.741. The van der Waals surface area contributed by atoms with Gasteiger partial charge in [0.25, 0.3) is 0 Å². The lowest BCUT2D eigenvalue weighted by molar-refractivity contribution is 0.0952. The molecule has 0 aliphatic carbocycles. The minimum absolute atomic E-state index is 0.0884. The fourth-order valence-corrected chi connectivity index (χ4v) is 2.71. The summed E-state index contributed by atoms with van der Waals surface area (Å²) in [7, 11) is 0. The highest BCUT2D eigenvalue weighted by molar-refractivity contribution is 9.10. The summed E-state index contributed by atoms with van der Waals surface area (Å²) in [5, 5.41) is 21.1. The molecule has 126 valence electrons. The van der Waals surface area contributed by atoms with Crippen LogP contribution in [0.5, 0.6) is 0 Å². The van der Waals surface area contributed by atoms with E-state index in [0.29, 0.717) is 17.1 Å². The third-order valence-corrected chi connectivity index (χ3v) is 3.95. The van der Waals surface area contributed by atoms with Crippen molar-refractivity contribution in [2.75, 3.05) is 0 Å². The molecule has 2 aromatic rings. The first-order valence-corrected chi connectivity index (χ1v) is 8.37.